The van der Waals surface area contributed by atoms with Crippen LogP contribution in [0.4, 0.5) is 13.2 Å². The Morgan fingerprint density at radius 2 is 2.07 bits per heavy atom. The summed E-state index contributed by atoms with van der Waals surface area (Å²) in [4.78, 5) is 7.07. The van der Waals surface area contributed by atoms with Gasteiger partial charge < -0.3 is 0 Å². The van der Waals surface area contributed by atoms with Crippen LogP contribution in [0.3, 0.4) is 0 Å². The first-order valence-electron chi connectivity index (χ1n) is 3.63. The fourth-order valence-electron chi connectivity index (χ4n) is 1.11. The Morgan fingerprint density at radius 3 is 2.67 bits per heavy atom. The van der Waals surface area contributed by atoms with Gasteiger partial charge >= 0.3 is 6.18 Å². The van der Waals surface area contributed by atoms with Crippen LogP contribution in [-0.2, 0) is 6.18 Å². The van der Waals surface area contributed by atoms with E-state index >= 15 is 0 Å². The van der Waals surface area contributed by atoms with E-state index in [2.05, 4.69) is 31.0 Å². The van der Waals surface area contributed by atoms with Crippen molar-refractivity contribution in [2.75, 3.05) is 0 Å². The predicted octanol–water partition coefficient (Wildman–Crippen LogP) is 0.699. The highest BCUT2D eigenvalue weighted by molar-refractivity contribution is 9.10. The average molecular weight is 277 g/mol. The molecule has 76 valence electrons. The SMILES string of the molecule is [B]c1nc(Br)c(C(F)(F)F)n2ncnc12. The lowest BCUT2D eigenvalue weighted by Crippen LogP contribution is -2.22. The van der Waals surface area contributed by atoms with E-state index in [1.807, 2.05) is 0 Å². The van der Waals surface area contributed by atoms with Gasteiger partial charge in [-0.15, -0.1) is 0 Å². The van der Waals surface area contributed by atoms with Crippen LogP contribution in [-0.4, -0.2) is 27.4 Å². The topological polar surface area (TPSA) is 43.1 Å². The van der Waals surface area contributed by atoms with Gasteiger partial charge in [-0.2, -0.15) is 18.3 Å². The van der Waals surface area contributed by atoms with Crippen LogP contribution < -0.4 is 5.59 Å². The van der Waals surface area contributed by atoms with Gasteiger partial charge in [-0.3, -0.25) is 4.98 Å². The van der Waals surface area contributed by atoms with Crippen LogP contribution >= 0.6 is 15.9 Å². The summed E-state index contributed by atoms with van der Waals surface area (Å²) in [6.45, 7) is 0. The molecule has 0 amide bonds. The molecule has 0 aromatic carbocycles. The molecule has 0 saturated heterocycles. The molecule has 0 spiro atoms. The Kier molecular flexibility index (Phi) is 2.21. The lowest BCUT2D eigenvalue weighted by atomic mass is 10.1. The Bertz CT molecular complexity index is 523. The zero-order valence-corrected chi connectivity index (χ0v) is 8.54. The smallest absolute Gasteiger partial charge is 0.251 e. The summed E-state index contributed by atoms with van der Waals surface area (Å²) >= 11 is 2.69. The molecular weight excluding hydrogens is 276 g/mol. The number of alkyl halides is 3. The zero-order valence-electron chi connectivity index (χ0n) is 6.96. The molecule has 2 aromatic rings. The van der Waals surface area contributed by atoms with Crippen LogP contribution in [0, 0.1) is 0 Å². The average Bonchev–Trinajstić information content (AvgIpc) is 2.49. The molecule has 0 fully saturated rings. The van der Waals surface area contributed by atoms with Crippen LogP contribution in [0.15, 0.2) is 10.9 Å². The number of rotatable bonds is 0. The molecule has 0 aliphatic heterocycles. The minimum absolute atomic E-state index is 0.118. The molecule has 15 heavy (non-hydrogen) atoms. The van der Waals surface area contributed by atoms with Crippen LogP contribution in [0.5, 0.6) is 0 Å². The molecule has 2 heterocycles. The second-order valence-electron chi connectivity index (χ2n) is 2.63. The summed E-state index contributed by atoms with van der Waals surface area (Å²) < 4.78 is 38.0. The molecule has 0 atom stereocenters. The third-order valence-electron chi connectivity index (χ3n) is 1.67. The van der Waals surface area contributed by atoms with Crippen molar-refractivity contribution < 1.29 is 13.2 Å². The first kappa shape index (κ1) is 10.4. The van der Waals surface area contributed by atoms with Crippen molar-refractivity contribution in [1.82, 2.24) is 19.6 Å². The lowest BCUT2D eigenvalue weighted by molar-refractivity contribution is -0.143. The quantitative estimate of drug-likeness (QED) is 0.666. The maximum Gasteiger partial charge on any atom is 0.436 e. The first-order chi connectivity index (χ1) is 6.91. The van der Waals surface area contributed by atoms with Gasteiger partial charge in [0.1, 0.15) is 18.8 Å². The van der Waals surface area contributed by atoms with Crippen molar-refractivity contribution in [1.29, 1.82) is 0 Å². The van der Waals surface area contributed by atoms with E-state index in [0.717, 1.165) is 6.33 Å². The summed E-state index contributed by atoms with van der Waals surface area (Å²) in [5.41, 5.74) is -1.28. The van der Waals surface area contributed by atoms with E-state index in [0.29, 0.717) is 4.52 Å². The molecule has 0 saturated carbocycles. The summed E-state index contributed by atoms with van der Waals surface area (Å²) in [6.07, 6.45) is -3.60. The van der Waals surface area contributed by atoms with Crippen molar-refractivity contribution >= 4 is 35.0 Å². The number of hydrogen-bond donors (Lipinski definition) is 0. The lowest BCUT2D eigenvalue weighted by Gasteiger charge is -2.10. The van der Waals surface area contributed by atoms with Crippen LogP contribution in [0.25, 0.3) is 5.65 Å². The van der Waals surface area contributed by atoms with E-state index in [1.54, 1.807) is 0 Å². The highest BCUT2D eigenvalue weighted by atomic mass is 79.9. The number of fused-ring (bicyclic) bond motifs is 1. The third kappa shape index (κ3) is 1.60. The molecule has 0 N–H and O–H groups in total. The molecule has 0 bridgehead atoms. The Hall–Kier alpha value is -1.12. The highest BCUT2D eigenvalue weighted by Crippen LogP contribution is 2.32. The van der Waals surface area contributed by atoms with E-state index < -0.39 is 16.5 Å². The second-order valence-corrected chi connectivity index (χ2v) is 3.38. The van der Waals surface area contributed by atoms with E-state index in [-0.39, 0.29) is 11.2 Å². The van der Waals surface area contributed by atoms with Gasteiger partial charge in [0.15, 0.2) is 11.3 Å². The summed E-state index contributed by atoms with van der Waals surface area (Å²) in [5, 5.41) is 3.44. The highest BCUT2D eigenvalue weighted by Gasteiger charge is 2.38. The van der Waals surface area contributed by atoms with Gasteiger partial charge in [-0.1, -0.05) is 0 Å². The molecule has 2 aromatic heterocycles. The van der Waals surface area contributed by atoms with Gasteiger partial charge in [0, 0.05) is 5.59 Å². The predicted molar refractivity (Wildman–Crippen MR) is 48.9 cm³/mol. The normalized spacial score (nSPS) is 12.3. The van der Waals surface area contributed by atoms with Crippen LogP contribution in [0.1, 0.15) is 5.69 Å². The molecule has 0 aliphatic carbocycles. The summed E-state index contributed by atoms with van der Waals surface area (Å²) in [7, 11) is 5.38. The monoisotopic (exact) mass is 276 g/mol. The molecular formula is C6HBBrF3N4. The van der Waals surface area contributed by atoms with E-state index in [4.69, 9.17) is 7.85 Å². The minimum Gasteiger partial charge on any atom is -0.251 e. The van der Waals surface area contributed by atoms with Gasteiger partial charge in [-0.25, -0.2) is 9.50 Å². The van der Waals surface area contributed by atoms with Crippen molar-refractivity contribution in [2.24, 2.45) is 0 Å². The van der Waals surface area contributed by atoms with Gasteiger partial charge in [-0.05, 0) is 15.9 Å². The Balaban J connectivity index is 2.89. The fourth-order valence-corrected chi connectivity index (χ4v) is 1.70. The van der Waals surface area contributed by atoms with Crippen LogP contribution in [0.2, 0.25) is 0 Å². The van der Waals surface area contributed by atoms with Gasteiger partial charge in [0.05, 0.1) is 0 Å². The third-order valence-corrected chi connectivity index (χ3v) is 2.22. The largest absolute Gasteiger partial charge is 0.436 e. The summed E-state index contributed by atoms with van der Waals surface area (Å²) in [5.74, 6) is 0. The van der Waals surface area contributed by atoms with Crippen molar-refractivity contribution in [3.05, 3.63) is 16.6 Å². The standard InChI is InChI=1S/C6HBBrF3N4/c7-3-5-12-1-13-15(5)2(4(8)14-3)6(9,10)11/h1H. The van der Waals surface area contributed by atoms with Crippen molar-refractivity contribution in [2.45, 2.75) is 6.18 Å². The fraction of sp³-hybridized carbons (Fsp3) is 0.167. The number of nitrogens with zero attached hydrogens (tertiary/aromatic N) is 4. The molecule has 0 unspecified atom stereocenters. The molecule has 0 aliphatic rings. The number of halogens is 4. The maximum absolute atomic E-state index is 12.6. The van der Waals surface area contributed by atoms with Crippen molar-refractivity contribution in [3.8, 4) is 0 Å². The second kappa shape index (κ2) is 3.19. The molecule has 9 heteroatoms. The van der Waals surface area contributed by atoms with Crippen molar-refractivity contribution in [3.63, 3.8) is 0 Å². The van der Waals surface area contributed by atoms with E-state index in [1.165, 1.54) is 0 Å². The first-order valence-corrected chi connectivity index (χ1v) is 4.42. The number of hydrogen-bond acceptors (Lipinski definition) is 3. The molecule has 2 radical (unpaired) electrons. The zero-order chi connectivity index (χ0) is 11.2. The Morgan fingerprint density at radius 1 is 1.40 bits per heavy atom. The van der Waals surface area contributed by atoms with E-state index in [9.17, 15) is 13.2 Å². The van der Waals surface area contributed by atoms with Gasteiger partial charge in [0.25, 0.3) is 0 Å². The maximum atomic E-state index is 12.6. The summed E-state index contributed by atoms with van der Waals surface area (Å²) in [6, 6.07) is 0. The Labute approximate surface area is 91.1 Å². The minimum atomic E-state index is -4.58. The van der Waals surface area contributed by atoms with Gasteiger partial charge in [0.2, 0.25) is 0 Å². The molecule has 2 rings (SSSR count). The number of aromatic nitrogens is 4. The molecule has 4 nitrogen and oxygen atoms in total.